The van der Waals surface area contributed by atoms with E-state index in [1.807, 2.05) is 0 Å². The van der Waals surface area contributed by atoms with Crippen LogP contribution in [0, 0.1) is 0 Å². The van der Waals surface area contributed by atoms with Crippen LogP contribution < -0.4 is 10.0 Å². The molecule has 3 N–H and O–H groups in total. The molecule has 1 aromatic heterocycles. The molecule has 1 aromatic rings. The first-order chi connectivity index (χ1) is 9.38. The molecule has 1 aliphatic rings. The molecule has 0 saturated carbocycles. The van der Waals surface area contributed by atoms with Gasteiger partial charge >= 0.3 is 6.09 Å². The molecule has 0 spiro atoms. The fraction of sp³-hybridized carbons (Fsp3) is 0.400. The second-order valence-corrected chi connectivity index (χ2v) is 6.67. The van der Waals surface area contributed by atoms with Gasteiger partial charge < -0.3 is 15.2 Å². The van der Waals surface area contributed by atoms with E-state index < -0.39 is 26.9 Å². The van der Waals surface area contributed by atoms with Crippen LogP contribution in [0.25, 0.3) is 0 Å². The third-order valence-electron chi connectivity index (χ3n) is 2.60. The van der Waals surface area contributed by atoms with Crippen LogP contribution in [0.4, 0.5) is 4.79 Å². The number of nitrogens with zero attached hydrogens (tertiary/aromatic N) is 1. The van der Waals surface area contributed by atoms with Gasteiger partial charge in [0.05, 0.1) is 0 Å². The van der Waals surface area contributed by atoms with Crippen molar-refractivity contribution < 1.29 is 23.1 Å². The Kier molecular flexibility index (Phi) is 4.45. The Labute approximate surface area is 123 Å². The van der Waals surface area contributed by atoms with Crippen molar-refractivity contribution in [2.24, 2.45) is 0 Å². The predicted molar refractivity (Wildman–Crippen MR) is 71.7 cm³/mol. The SMILES string of the molecule is O=C(NS(=O)(=O)c1cc(Br)cnc1O)OC1CCNC1. The zero-order valence-electron chi connectivity index (χ0n) is 10.2. The lowest BCUT2D eigenvalue weighted by Gasteiger charge is -2.12. The van der Waals surface area contributed by atoms with Crippen molar-refractivity contribution in [2.75, 3.05) is 13.1 Å². The number of ether oxygens (including phenoxy) is 1. The van der Waals surface area contributed by atoms with Crippen LogP contribution in [0.15, 0.2) is 21.6 Å². The molecule has 1 atom stereocenters. The maximum absolute atomic E-state index is 11.9. The highest BCUT2D eigenvalue weighted by Crippen LogP contribution is 2.23. The minimum Gasteiger partial charge on any atom is -0.492 e. The number of amides is 1. The molecule has 0 radical (unpaired) electrons. The van der Waals surface area contributed by atoms with Gasteiger partial charge in [-0.2, -0.15) is 0 Å². The first-order valence-electron chi connectivity index (χ1n) is 5.67. The summed E-state index contributed by atoms with van der Waals surface area (Å²) in [4.78, 5) is 14.5. The molecule has 1 unspecified atom stereocenters. The zero-order chi connectivity index (χ0) is 14.8. The summed E-state index contributed by atoms with van der Waals surface area (Å²) in [5, 5.41) is 12.4. The Hall–Kier alpha value is -1.39. The highest BCUT2D eigenvalue weighted by Gasteiger charge is 2.26. The molecule has 2 rings (SSSR count). The van der Waals surface area contributed by atoms with Crippen LogP contribution in [0.5, 0.6) is 5.88 Å². The van der Waals surface area contributed by atoms with E-state index in [0.717, 1.165) is 6.07 Å². The van der Waals surface area contributed by atoms with Crippen molar-refractivity contribution in [2.45, 2.75) is 17.4 Å². The van der Waals surface area contributed by atoms with Crippen molar-refractivity contribution in [3.63, 3.8) is 0 Å². The Morgan fingerprint density at radius 1 is 1.60 bits per heavy atom. The number of halogens is 1. The Balaban J connectivity index is 2.10. The van der Waals surface area contributed by atoms with Crippen LogP contribution in [0.1, 0.15) is 6.42 Å². The van der Waals surface area contributed by atoms with Gasteiger partial charge in [0, 0.05) is 17.2 Å². The van der Waals surface area contributed by atoms with E-state index in [1.165, 1.54) is 6.20 Å². The van der Waals surface area contributed by atoms with E-state index in [2.05, 4.69) is 26.2 Å². The van der Waals surface area contributed by atoms with Crippen LogP contribution in [-0.4, -0.2) is 43.8 Å². The van der Waals surface area contributed by atoms with Crippen LogP contribution >= 0.6 is 15.9 Å². The van der Waals surface area contributed by atoms with Crippen LogP contribution in [0.3, 0.4) is 0 Å². The summed E-state index contributed by atoms with van der Waals surface area (Å²) in [6.45, 7) is 1.19. The lowest BCUT2D eigenvalue weighted by atomic mass is 10.3. The second kappa shape index (κ2) is 5.94. The number of hydrogen-bond donors (Lipinski definition) is 3. The number of rotatable bonds is 3. The third kappa shape index (κ3) is 3.58. The number of hydrogen-bond acceptors (Lipinski definition) is 7. The first kappa shape index (κ1) is 15.0. The van der Waals surface area contributed by atoms with Crippen molar-refractivity contribution >= 4 is 32.0 Å². The molecule has 1 amide bonds. The van der Waals surface area contributed by atoms with E-state index in [1.54, 1.807) is 4.72 Å². The molecule has 1 saturated heterocycles. The van der Waals surface area contributed by atoms with Gasteiger partial charge in [-0.25, -0.2) is 22.9 Å². The van der Waals surface area contributed by atoms with Crippen molar-refractivity contribution in [1.82, 2.24) is 15.0 Å². The summed E-state index contributed by atoms with van der Waals surface area (Å²) in [5.74, 6) is -0.698. The number of aromatic nitrogens is 1. The van der Waals surface area contributed by atoms with Gasteiger partial charge in [0.1, 0.15) is 6.10 Å². The summed E-state index contributed by atoms with van der Waals surface area (Å²) in [6, 6.07) is 1.13. The molecule has 1 aliphatic heterocycles. The number of pyridine rings is 1. The van der Waals surface area contributed by atoms with Gasteiger partial charge in [0.25, 0.3) is 10.0 Å². The minimum atomic E-state index is -4.24. The van der Waals surface area contributed by atoms with Gasteiger partial charge in [-0.3, -0.25) is 0 Å². The van der Waals surface area contributed by atoms with E-state index in [9.17, 15) is 18.3 Å². The van der Waals surface area contributed by atoms with E-state index in [4.69, 9.17) is 4.74 Å². The second-order valence-electron chi connectivity index (χ2n) is 4.10. The van der Waals surface area contributed by atoms with Gasteiger partial charge in [-0.1, -0.05) is 0 Å². The van der Waals surface area contributed by atoms with Crippen molar-refractivity contribution in [1.29, 1.82) is 0 Å². The fourth-order valence-corrected chi connectivity index (χ4v) is 3.12. The Morgan fingerprint density at radius 2 is 2.35 bits per heavy atom. The topological polar surface area (TPSA) is 118 Å². The maximum atomic E-state index is 11.9. The molecule has 110 valence electrons. The highest BCUT2D eigenvalue weighted by atomic mass is 79.9. The lowest BCUT2D eigenvalue weighted by molar-refractivity contribution is 0.113. The largest absolute Gasteiger partial charge is 0.492 e. The first-order valence-corrected chi connectivity index (χ1v) is 7.95. The van der Waals surface area contributed by atoms with E-state index >= 15 is 0 Å². The summed E-state index contributed by atoms with van der Waals surface area (Å²) in [5.41, 5.74) is 0. The molecule has 1 fully saturated rings. The van der Waals surface area contributed by atoms with Gasteiger partial charge in [-0.05, 0) is 35.0 Å². The van der Waals surface area contributed by atoms with E-state index in [-0.39, 0.29) is 6.10 Å². The minimum absolute atomic E-state index is 0.351. The highest BCUT2D eigenvalue weighted by molar-refractivity contribution is 9.10. The molecule has 10 heteroatoms. The van der Waals surface area contributed by atoms with Crippen molar-refractivity contribution in [3.05, 3.63) is 16.7 Å². The van der Waals surface area contributed by atoms with Crippen molar-refractivity contribution in [3.8, 4) is 5.88 Å². The lowest BCUT2D eigenvalue weighted by Crippen LogP contribution is -2.34. The summed E-state index contributed by atoms with van der Waals surface area (Å²) < 4.78 is 30.9. The Morgan fingerprint density at radius 3 is 3.00 bits per heavy atom. The molecule has 0 bridgehead atoms. The zero-order valence-corrected chi connectivity index (χ0v) is 12.6. The number of carbonyl (C=O) groups excluding carboxylic acids is 1. The summed E-state index contributed by atoms with van der Waals surface area (Å²) in [7, 11) is -4.24. The summed E-state index contributed by atoms with van der Waals surface area (Å²) >= 11 is 3.04. The molecule has 0 aromatic carbocycles. The quantitative estimate of drug-likeness (QED) is 0.706. The molecule has 2 heterocycles. The third-order valence-corrected chi connectivity index (χ3v) is 4.34. The number of nitrogens with one attached hydrogen (secondary N) is 2. The number of sulfonamides is 1. The average Bonchev–Trinajstić information content (AvgIpc) is 2.84. The van der Waals surface area contributed by atoms with Crippen LogP contribution in [-0.2, 0) is 14.8 Å². The smallest absolute Gasteiger partial charge is 0.421 e. The average molecular weight is 366 g/mol. The predicted octanol–water partition coefficient (Wildman–Crippen LogP) is 0.327. The molecular weight excluding hydrogens is 354 g/mol. The van der Waals surface area contributed by atoms with Crippen LogP contribution in [0.2, 0.25) is 0 Å². The maximum Gasteiger partial charge on any atom is 0.421 e. The monoisotopic (exact) mass is 365 g/mol. The van der Waals surface area contributed by atoms with E-state index in [0.29, 0.717) is 24.0 Å². The molecule has 0 aliphatic carbocycles. The molecular formula is C10H12BrN3O5S. The number of aromatic hydroxyl groups is 1. The van der Waals surface area contributed by atoms with Gasteiger partial charge in [0.2, 0.25) is 5.88 Å². The normalized spacial score (nSPS) is 18.8. The fourth-order valence-electron chi connectivity index (χ4n) is 1.68. The number of carbonyl (C=O) groups is 1. The molecule has 20 heavy (non-hydrogen) atoms. The standard InChI is InChI=1S/C10H12BrN3O5S/c11-6-3-8(9(15)13-4-6)20(17,18)14-10(16)19-7-1-2-12-5-7/h3-4,7,12H,1-2,5H2,(H,13,15)(H,14,16). The molecule has 8 nitrogen and oxygen atoms in total. The van der Waals surface area contributed by atoms with Gasteiger partial charge in [-0.15, -0.1) is 0 Å². The van der Waals surface area contributed by atoms with Gasteiger partial charge in [0.15, 0.2) is 4.90 Å². The Bertz CT molecular complexity index is 615. The summed E-state index contributed by atoms with van der Waals surface area (Å²) in [6.07, 6.45) is 0.408.